The molecule has 0 aliphatic heterocycles. The Morgan fingerprint density at radius 2 is 1.59 bits per heavy atom. The number of hydrogen-bond donors (Lipinski definition) is 1. The fourth-order valence-electron chi connectivity index (χ4n) is 1.45. The van der Waals surface area contributed by atoms with Crippen molar-refractivity contribution >= 4 is 15.9 Å². The molecule has 0 aliphatic carbocycles. The van der Waals surface area contributed by atoms with Gasteiger partial charge in [0, 0.05) is 15.6 Å². The summed E-state index contributed by atoms with van der Waals surface area (Å²) in [5, 5.41) is 9.96. The molecule has 2 aromatic rings. The van der Waals surface area contributed by atoms with Crippen LogP contribution in [0.5, 0.6) is 0 Å². The highest BCUT2D eigenvalue weighted by atomic mass is 79.9. The van der Waals surface area contributed by atoms with E-state index in [0.717, 1.165) is 15.6 Å². The van der Waals surface area contributed by atoms with Crippen LogP contribution in [0.4, 0.5) is 0 Å². The lowest BCUT2D eigenvalue weighted by Gasteiger charge is -2.05. The maximum Gasteiger partial charge on any atom is 0.141 e. The third-order valence-electron chi connectivity index (χ3n) is 2.33. The minimum atomic E-state index is -0.772. The molecule has 0 aromatic heterocycles. The van der Waals surface area contributed by atoms with E-state index in [1.807, 2.05) is 54.6 Å². The summed E-state index contributed by atoms with van der Waals surface area (Å²) in [6.07, 6.45) is -0.772. The molecule has 1 atom stereocenters. The van der Waals surface area contributed by atoms with Gasteiger partial charge in [-0.1, -0.05) is 64.2 Å². The van der Waals surface area contributed by atoms with Crippen LogP contribution in [0.15, 0.2) is 59.1 Å². The number of benzene rings is 2. The minimum Gasteiger partial charge on any atom is -0.376 e. The van der Waals surface area contributed by atoms with Crippen LogP contribution in [0.25, 0.3) is 0 Å². The largest absolute Gasteiger partial charge is 0.376 e. The first-order valence-electron chi connectivity index (χ1n) is 5.26. The van der Waals surface area contributed by atoms with E-state index >= 15 is 0 Å². The normalized spacial score (nSPS) is 11.4. The van der Waals surface area contributed by atoms with Crippen LogP contribution in [0.1, 0.15) is 17.2 Å². The molecule has 1 nitrogen and oxygen atoms in total. The van der Waals surface area contributed by atoms with Crippen LogP contribution in [-0.4, -0.2) is 5.11 Å². The maximum atomic E-state index is 9.96. The van der Waals surface area contributed by atoms with Gasteiger partial charge in [-0.05, 0) is 18.2 Å². The molecule has 0 radical (unpaired) electrons. The van der Waals surface area contributed by atoms with Gasteiger partial charge in [-0.15, -0.1) is 0 Å². The topological polar surface area (TPSA) is 20.2 Å². The van der Waals surface area contributed by atoms with Crippen molar-refractivity contribution in [3.8, 4) is 11.8 Å². The van der Waals surface area contributed by atoms with Gasteiger partial charge in [-0.2, -0.15) is 0 Å². The molecule has 0 saturated heterocycles. The molecule has 0 fully saturated rings. The second-order valence-electron chi connectivity index (χ2n) is 3.56. The van der Waals surface area contributed by atoms with E-state index in [0.29, 0.717) is 0 Å². The molecular weight excluding hydrogens is 276 g/mol. The first kappa shape index (κ1) is 11.9. The van der Waals surface area contributed by atoms with Crippen LogP contribution in [0, 0.1) is 11.8 Å². The van der Waals surface area contributed by atoms with Gasteiger partial charge in [0.05, 0.1) is 0 Å². The zero-order valence-electron chi connectivity index (χ0n) is 9.10. The summed E-state index contributed by atoms with van der Waals surface area (Å²) in [4.78, 5) is 0. The smallest absolute Gasteiger partial charge is 0.141 e. The van der Waals surface area contributed by atoms with E-state index in [2.05, 4.69) is 27.8 Å². The van der Waals surface area contributed by atoms with E-state index in [9.17, 15) is 5.11 Å². The Hall–Kier alpha value is -1.56. The fraction of sp³-hybridized carbons (Fsp3) is 0.0667. The predicted molar refractivity (Wildman–Crippen MR) is 72.4 cm³/mol. The summed E-state index contributed by atoms with van der Waals surface area (Å²) in [7, 11) is 0. The summed E-state index contributed by atoms with van der Waals surface area (Å²) in [6, 6.07) is 17.2. The van der Waals surface area contributed by atoms with Crippen LogP contribution in [0.2, 0.25) is 0 Å². The van der Waals surface area contributed by atoms with Gasteiger partial charge in [-0.25, -0.2) is 0 Å². The van der Waals surface area contributed by atoms with Gasteiger partial charge in [0.15, 0.2) is 0 Å². The van der Waals surface area contributed by atoms with Crippen molar-refractivity contribution in [2.24, 2.45) is 0 Å². The monoisotopic (exact) mass is 286 g/mol. The van der Waals surface area contributed by atoms with E-state index in [1.54, 1.807) is 0 Å². The lowest BCUT2D eigenvalue weighted by Crippen LogP contribution is -1.94. The molecular formula is C15H11BrO. The average Bonchev–Trinajstić information content (AvgIpc) is 2.38. The lowest BCUT2D eigenvalue weighted by atomic mass is 10.1. The SMILES string of the molecule is O[C@@H](C#Cc1ccccc1)c1ccccc1Br. The Balaban J connectivity index is 2.21. The van der Waals surface area contributed by atoms with Crippen molar-refractivity contribution < 1.29 is 5.11 Å². The van der Waals surface area contributed by atoms with Gasteiger partial charge in [0.25, 0.3) is 0 Å². The Morgan fingerprint density at radius 3 is 2.29 bits per heavy atom. The van der Waals surface area contributed by atoms with Gasteiger partial charge < -0.3 is 5.11 Å². The predicted octanol–water partition coefficient (Wildman–Crippen LogP) is 3.53. The molecule has 0 heterocycles. The third-order valence-corrected chi connectivity index (χ3v) is 3.05. The Bertz CT molecular complexity index is 552. The van der Waals surface area contributed by atoms with Gasteiger partial charge in [-0.3, -0.25) is 0 Å². The van der Waals surface area contributed by atoms with E-state index in [4.69, 9.17) is 0 Å². The van der Waals surface area contributed by atoms with E-state index < -0.39 is 6.10 Å². The molecule has 0 saturated carbocycles. The Labute approximate surface area is 109 Å². The fourth-order valence-corrected chi connectivity index (χ4v) is 1.95. The van der Waals surface area contributed by atoms with Crippen molar-refractivity contribution in [2.45, 2.75) is 6.10 Å². The van der Waals surface area contributed by atoms with E-state index in [1.165, 1.54) is 0 Å². The number of aliphatic hydroxyl groups excluding tert-OH is 1. The lowest BCUT2D eigenvalue weighted by molar-refractivity contribution is 0.237. The zero-order valence-corrected chi connectivity index (χ0v) is 10.7. The first-order valence-corrected chi connectivity index (χ1v) is 6.06. The van der Waals surface area contributed by atoms with E-state index in [-0.39, 0.29) is 0 Å². The van der Waals surface area contributed by atoms with Crippen molar-refractivity contribution in [1.82, 2.24) is 0 Å². The second-order valence-corrected chi connectivity index (χ2v) is 4.41. The summed E-state index contributed by atoms with van der Waals surface area (Å²) in [5.41, 5.74) is 1.69. The number of rotatable bonds is 1. The summed E-state index contributed by atoms with van der Waals surface area (Å²) >= 11 is 3.40. The molecule has 84 valence electrons. The number of hydrogen-bond acceptors (Lipinski definition) is 1. The van der Waals surface area contributed by atoms with Crippen molar-refractivity contribution in [1.29, 1.82) is 0 Å². The van der Waals surface area contributed by atoms with Gasteiger partial charge in [0.1, 0.15) is 6.10 Å². The number of aliphatic hydroxyl groups is 1. The molecule has 0 bridgehead atoms. The van der Waals surface area contributed by atoms with Crippen molar-refractivity contribution in [2.75, 3.05) is 0 Å². The van der Waals surface area contributed by atoms with Gasteiger partial charge in [0.2, 0.25) is 0 Å². The van der Waals surface area contributed by atoms with Gasteiger partial charge >= 0.3 is 0 Å². The highest BCUT2D eigenvalue weighted by molar-refractivity contribution is 9.10. The molecule has 0 aliphatic rings. The summed E-state index contributed by atoms with van der Waals surface area (Å²) < 4.78 is 0.870. The molecule has 2 rings (SSSR count). The summed E-state index contributed by atoms with van der Waals surface area (Å²) in [5.74, 6) is 5.78. The zero-order chi connectivity index (χ0) is 12.1. The first-order chi connectivity index (χ1) is 8.27. The Morgan fingerprint density at radius 1 is 0.941 bits per heavy atom. The highest BCUT2D eigenvalue weighted by Crippen LogP contribution is 2.22. The highest BCUT2D eigenvalue weighted by Gasteiger charge is 2.06. The molecule has 2 aromatic carbocycles. The molecule has 0 amide bonds. The number of halogens is 1. The van der Waals surface area contributed by atoms with Crippen LogP contribution >= 0.6 is 15.9 Å². The van der Waals surface area contributed by atoms with Crippen molar-refractivity contribution in [3.63, 3.8) is 0 Å². The van der Waals surface area contributed by atoms with Crippen LogP contribution in [-0.2, 0) is 0 Å². The summed E-state index contributed by atoms with van der Waals surface area (Å²) in [6.45, 7) is 0. The maximum absolute atomic E-state index is 9.96. The standard InChI is InChI=1S/C15H11BrO/c16-14-9-5-4-8-13(14)15(17)11-10-12-6-2-1-3-7-12/h1-9,15,17H/t15-/m0/s1. The average molecular weight is 287 g/mol. The minimum absolute atomic E-state index is 0.772. The quantitative estimate of drug-likeness (QED) is 0.795. The molecule has 2 heteroatoms. The third kappa shape index (κ3) is 3.20. The molecule has 17 heavy (non-hydrogen) atoms. The second kappa shape index (κ2) is 5.67. The van der Waals surface area contributed by atoms with Crippen molar-refractivity contribution in [3.05, 3.63) is 70.2 Å². The molecule has 0 spiro atoms. The van der Waals surface area contributed by atoms with Crippen LogP contribution in [0.3, 0.4) is 0 Å². The molecule has 1 N–H and O–H groups in total. The molecule has 0 unspecified atom stereocenters. The van der Waals surface area contributed by atoms with Crippen LogP contribution < -0.4 is 0 Å². The Kier molecular flexibility index (Phi) is 3.98.